The predicted octanol–water partition coefficient (Wildman–Crippen LogP) is 4.49. The molecule has 0 spiro atoms. The molecular weight excluding hydrogens is 246 g/mol. The average molecular weight is 269 g/mol. The molecule has 0 aliphatic heterocycles. The van der Waals surface area contributed by atoms with Gasteiger partial charge < -0.3 is 10.1 Å². The van der Waals surface area contributed by atoms with Crippen LogP contribution in [-0.2, 0) is 0 Å². The Kier molecular flexibility index (Phi) is 4.67. The van der Waals surface area contributed by atoms with Crippen LogP contribution in [0.15, 0.2) is 42.5 Å². The highest BCUT2D eigenvalue weighted by molar-refractivity contribution is 5.53. The van der Waals surface area contributed by atoms with Crippen LogP contribution in [0.1, 0.15) is 23.6 Å². The molecule has 0 amide bonds. The zero-order chi connectivity index (χ0) is 14.5. The SMILES string of the molecule is Cc1cccc(OC(C)CNc2cccc(C)c2C)c1. The third-order valence-electron chi connectivity index (χ3n) is 3.51. The molecule has 2 heteroatoms. The molecule has 2 aromatic carbocycles. The molecule has 2 rings (SSSR count). The Labute approximate surface area is 121 Å². The molecule has 0 saturated carbocycles. The molecule has 1 N–H and O–H groups in total. The van der Waals surface area contributed by atoms with Gasteiger partial charge in [0.15, 0.2) is 0 Å². The zero-order valence-electron chi connectivity index (χ0n) is 12.7. The van der Waals surface area contributed by atoms with Crippen LogP contribution >= 0.6 is 0 Å². The van der Waals surface area contributed by atoms with Crippen LogP contribution in [-0.4, -0.2) is 12.6 Å². The number of hydrogen-bond donors (Lipinski definition) is 1. The van der Waals surface area contributed by atoms with Crippen molar-refractivity contribution in [3.63, 3.8) is 0 Å². The van der Waals surface area contributed by atoms with Crippen LogP contribution in [0.3, 0.4) is 0 Å². The number of nitrogens with one attached hydrogen (secondary N) is 1. The number of rotatable bonds is 5. The summed E-state index contributed by atoms with van der Waals surface area (Å²) >= 11 is 0. The Balaban J connectivity index is 1.92. The molecule has 0 saturated heterocycles. The van der Waals surface area contributed by atoms with E-state index in [2.05, 4.69) is 63.3 Å². The van der Waals surface area contributed by atoms with Gasteiger partial charge in [-0.1, -0.05) is 24.3 Å². The van der Waals surface area contributed by atoms with E-state index in [4.69, 9.17) is 4.74 Å². The maximum Gasteiger partial charge on any atom is 0.120 e. The van der Waals surface area contributed by atoms with Crippen LogP contribution in [0.2, 0.25) is 0 Å². The lowest BCUT2D eigenvalue weighted by Gasteiger charge is -2.18. The van der Waals surface area contributed by atoms with Crippen LogP contribution in [0, 0.1) is 20.8 Å². The smallest absolute Gasteiger partial charge is 0.120 e. The van der Waals surface area contributed by atoms with Gasteiger partial charge in [-0.05, 0) is 62.6 Å². The fraction of sp³-hybridized carbons (Fsp3) is 0.333. The van der Waals surface area contributed by atoms with Crippen molar-refractivity contribution in [2.45, 2.75) is 33.8 Å². The summed E-state index contributed by atoms with van der Waals surface area (Å²) in [6.07, 6.45) is 0.122. The van der Waals surface area contributed by atoms with Gasteiger partial charge >= 0.3 is 0 Å². The molecule has 0 fully saturated rings. The maximum absolute atomic E-state index is 5.92. The first-order valence-corrected chi connectivity index (χ1v) is 7.09. The summed E-state index contributed by atoms with van der Waals surface area (Å²) in [6, 6.07) is 14.5. The quantitative estimate of drug-likeness (QED) is 0.863. The Bertz CT molecular complexity index is 577. The molecule has 2 nitrogen and oxygen atoms in total. The number of hydrogen-bond acceptors (Lipinski definition) is 2. The molecule has 0 bridgehead atoms. The third-order valence-corrected chi connectivity index (χ3v) is 3.51. The molecule has 0 aromatic heterocycles. The van der Waals surface area contributed by atoms with Crippen molar-refractivity contribution in [2.75, 3.05) is 11.9 Å². The normalized spacial score (nSPS) is 12.0. The molecular formula is C18H23NO. The first-order chi connectivity index (χ1) is 9.56. The monoisotopic (exact) mass is 269 g/mol. The molecule has 2 aromatic rings. The van der Waals surface area contributed by atoms with Crippen molar-refractivity contribution in [2.24, 2.45) is 0 Å². The van der Waals surface area contributed by atoms with E-state index in [0.717, 1.165) is 12.3 Å². The molecule has 1 unspecified atom stereocenters. The van der Waals surface area contributed by atoms with E-state index < -0.39 is 0 Å². The minimum absolute atomic E-state index is 0.122. The summed E-state index contributed by atoms with van der Waals surface area (Å²) in [5, 5.41) is 3.46. The van der Waals surface area contributed by atoms with E-state index in [9.17, 15) is 0 Å². The fourth-order valence-corrected chi connectivity index (χ4v) is 2.16. The summed E-state index contributed by atoms with van der Waals surface area (Å²) in [5.74, 6) is 0.931. The van der Waals surface area contributed by atoms with Gasteiger partial charge in [-0.2, -0.15) is 0 Å². The highest BCUT2D eigenvalue weighted by Gasteiger charge is 2.06. The van der Waals surface area contributed by atoms with E-state index in [-0.39, 0.29) is 6.10 Å². The standard InChI is InChI=1S/C18H23NO/c1-13-7-5-9-17(11-13)20-15(3)12-19-18-10-6-8-14(2)16(18)4/h5-11,15,19H,12H2,1-4H3. The van der Waals surface area contributed by atoms with Crippen LogP contribution in [0.4, 0.5) is 5.69 Å². The van der Waals surface area contributed by atoms with Crippen molar-refractivity contribution in [3.05, 3.63) is 59.2 Å². The van der Waals surface area contributed by atoms with Crippen LogP contribution < -0.4 is 10.1 Å². The molecule has 20 heavy (non-hydrogen) atoms. The minimum atomic E-state index is 0.122. The molecule has 0 aliphatic carbocycles. The third kappa shape index (κ3) is 3.77. The van der Waals surface area contributed by atoms with Crippen molar-refractivity contribution in [1.82, 2.24) is 0 Å². The lowest BCUT2D eigenvalue weighted by atomic mass is 10.1. The second-order valence-corrected chi connectivity index (χ2v) is 5.37. The minimum Gasteiger partial charge on any atom is -0.489 e. The van der Waals surface area contributed by atoms with Gasteiger partial charge in [0, 0.05) is 5.69 Å². The first kappa shape index (κ1) is 14.4. The van der Waals surface area contributed by atoms with Gasteiger partial charge in [0.25, 0.3) is 0 Å². The van der Waals surface area contributed by atoms with Gasteiger partial charge in [0.2, 0.25) is 0 Å². The van der Waals surface area contributed by atoms with Crippen molar-refractivity contribution in [1.29, 1.82) is 0 Å². The van der Waals surface area contributed by atoms with E-state index >= 15 is 0 Å². The first-order valence-electron chi connectivity index (χ1n) is 7.09. The zero-order valence-corrected chi connectivity index (χ0v) is 12.7. The molecule has 1 atom stereocenters. The fourth-order valence-electron chi connectivity index (χ4n) is 2.16. The highest BCUT2D eigenvalue weighted by atomic mass is 16.5. The summed E-state index contributed by atoms with van der Waals surface area (Å²) < 4.78 is 5.92. The highest BCUT2D eigenvalue weighted by Crippen LogP contribution is 2.19. The largest absolute Gasteiger partial charge is 0.489 e. The van der Waals surface area contributed by atoms with Crippen molar-refractivity contribution in [3.8, 4) is 5.75 Å². The lowest BCUT2D eigenvalue weighted by molar-refractivity contribution is 0.234. The van der Waals surface area contributed by atoms with E-state index in [0.29, 0.717) is 0 Å². The predicted molar refractivity (Wildman–Crippen MR) is 85.7 cm³/mol. The van der Waals surface area contributed by atoms with Crippen molar-refractivity contribution < 1.29 is 4.74 Å². The summed E-state index contributed by atoms with van der Waals surface area (Å²) in [4.78, 5) is 0. The number of aryl methyl sites for hydroxylation is 2. The Morgan fingerprint density at radius 3 is 2.55 bits per heavy atom. The number of benzene rings is 2. The lowest BCUT2D eigenvalue weighted by Crippen LogP contribution is -2.23. The van der Waals surface area contributed by atoms with Crippen LogP contribution in [0.25, 0.3) is 0 Å². The number of ether oxygens (including phenoxy) is 1. The molecule has 0 aliphatic rings. The van der Waals surface area contributed by atoms with Gasteiger partial charge in [-0.3, -0.25) is 0 Å². The number of anilines is 1. The Morgan fingerprint density at radius 2 is 1.80 bits per heavy atom. The topological polar surface area (TPSA) is 21.3 Å². The summed E-state index contributed by atoms with van der Waals surface area (Å²) in [6.45, 7) is 9.22. The van der Waals surface area contributed by atoms with E-state index in [1.54, 1.807) is 0 Å². The molecule has 0 radical (unpaired) electrons. The molecule has 0 heterocycles. The van der Waals surface area contributed by atoms with Crippen LogP contribution in [0.5, 0.6) is 5.75 Å². The van der Waals surface area contributed by atoms with Gasteiger partial charge in [0.1, 0.15) is 11.9 Å². The van der Waals surface area contributed by atoms with Gasteiger partial charge in [0.05, 0.1) is 6.54 Å². The second-order valence-electron chi connectivity index (χ2n) is 5.37. The molecule has 106 valence electrons. The van der Waals surface area contributed by atoms with E-state index in [1.165, 1.54) is 22.4 Å². The Hall–Kier alpha value is -1.96. The van der Waals surface area contributed by atoms with Gasteiger partial charge in [-0.25, -0.2) is 0 Å². The second kappa shape index (κ2) is 6.47. The maximum atomic E-state index is 5.92. The summed E-state index contributed by atoms with van der Waals surface area (Å²) in [5.41, 5.74) is 5.01. The Morgan fingerprint density at radius 1 is 1.05 bits per heavy atom. The van der Waals surface area contributed by atoms with Gasteiger partial charge in [-0.15, -0.1) is 0 Å². The van der Waals surface area contributed by atoms with E-state index in [1.807, 2.05) is 12.1 Å². The summed E-state index contributed by atoms with van der Waals surface area (Å²) in [7, 11) is 0. The average Bonchev–Trinajstić information content (AvgIpc) is 2.40. The van der Waals surface area contributed by atoms with Crippen molar-refractivity contribution >= 4 is 5.69 Å².